The van der Waals surface area contributed by atoms with Gasteiger partial charge in [-0.1, -0.05) is 12.1 Å². The second-order valence-electron chi connectivity index (χ2n) is 4.34. The molecule has 100 valence electrons. The van der Waals surface area contributed by atoms with Gasteiger partial charge in [0.05, 0.1) is 5.69 Å². The van der Waals surface area contributed by atoms with Gasteiger partial charge in [0.1, 0.15) is 5.58 Å². The number of halogens is 1. The third-order valence-corrected chi connectivity index (χ3v) is 3.83. The van der Waals surface area contributed by atoms with Gasteiger partial charge < -0.3 is 15.5 Å². The molecule has 20 heavy (non-hydrogen) atoms. The van der Waals surface area contributed by atoms with E-state index in [0.717, 1.165) is 14.6 Å². The first-order valence-corrected chi connectivity index (χ1v) is 7.06. The fraction of sp³-hybridized carbons (Fsp3) is 0. The molecule has 0 unspecified atom stereocenters. The Morgan fingerprint density at radius 3 is 2.75 bits per heavy atom. The molecule has 4 nitrogen and oxygen atoms in total. The number of nitrogens with one attached hydrogen (secondary N) is 1. The van der Waals surface area contributed by atoms with Crippen LogP contribution in [0.4, 0.5) is 11.4 Å². The lowest BCUT2D eigenvalue weighted by Gasteiger charge is -2.04. The molecule has 5 heteroatoms. The highest BCUT2D eigenvalue weighted by Gasteiger charge is 2.13. The molecule has 0 bridgehead atoms. The van der Waals surface area contributed by atoms with Crippen molar-refractivity contribution < 1.29 is 9.21 Å². The molecule has 0 aliphatic carbocycles. The number of fused-ring (bicyclic) bond motifs is 1. The van der Waals surface area contributed by atoms with Crippen molar-refractivity contribution in [2.45, 2.75) is 0 Å². The summed E-state index contributed by atoms with van der Waals surface area (Å²) in [6, 6.07) is 14.5. The molecule has 3 N–H and O–H groups in total. The average Bonchev–Trinajstić information content (AvgIpc) is 2.84. The number of hydrogen-bond donors (Lipinski definition) is 2. The number of anilines is 2. The summed E-state index contributed by atoms with van der Waals surface area (Å²) in [5.74, 6) is -0.00543. The Balaban J connectivity index is 1.91. The van der Waals surface area contributed by atoms with E-state index >= 15 is 0 Å². The number of amides is 1. The maximum Gasteiger partial charge on any atom is 0.291 e. The van der Waals surface area contributed by atoms with Crippen LogP contribution in [0.25, 0.3) is 11.0 Å². The monoisotopic (exact) mass is 378 g/mol. The summed E-state index contributed by atoms with van der Waals surface area (Å²) < 4.78 is 6.50. The molecule has 3 rings (SSSR count). The Kier molecular flexibility index (Phi) is 3.35. The van der Waals surface area contributed by atoms with Crippen LogP contribution in [0.5, 0.6) is 0 Å². The minimum Gasteiger partial charge on any atom is -0.451 e. The van der Waals surface area contributed by atoms with Crippen molar-refractivity contribution >= 4 is 50.8 Å². The molecule has 2 aromatic carbocycles. The molecule has 3 aromatic rings. The minimum atomic E-state index is -0.274. The minimum absolute atomic E-state index is 0.269. The van der Waals surface area contributed by atoms with E-state index in [0.29, 0.717) is 11.3 Å². The van der Waals surface area contributed by atoms with E-state index in [-0.39, 0.29) is 11.7 Å². The first-order chi connectivity index (χ1) is 9.63. The highest BCUT2D eigenvalue weighted by atomic mass is 127. The van der Waals surface area contributed by atoms with E-state index in [1.54, 1.807) is 24.3 Å². The number of benzene rings is 2. The largest absolute Gasteiger partial charge is 0.451 e. The van der Waals surface area contributed by atoms with E-state index < -0.39 is 0 Å². The summed E-state index contributed by atoms with van der Waals surface area (Å²) in [5.41, 5.74) is 7.76. The fourth-order valence-corrected chi connectivity index (χ4v) is 2.44. The maximum absolute atomic E-state index is 12.2. The summed E-state index contributed by atoms with van der Waals surface area (Å²) in [5, 5.41) is 3.65. The smallest absolute Gasteiger partial charge is 0.291 e. The summed E-state index contributed by atoms with van der Waals surface area (Å²) in [7, 11) is 0. The van der Waals surface area contributed by atoms with Crippen LogP contribution >= 0.6 is 22.6 Å². The van der Waals surface area contributed by atoms with Crippen molar-refractivity contribution in [3.05, 3.63) is 57.9 Å². The van der Waals surface area contributed by atoms with Gasteiger partial charge in [0.2, 0.25) is 0 Å². The fourth-order valence-electron chi connectivity index (χ4n) is 1.92. The standard InChI is InChI=1S/C15H11IN2O2/c16-11-3-1-2-4-12(11)18-15(19)14-8-9-7-10(17)5-6-13(9)20-14/h1-8H,17H2,(H,18,19). The summed E-state index contributed by atoms with van der Waals surface area (Å²) in [4.78, 5) is 12.2. The first-order valence-electron chi connectivity index (χ1n) is 5.98. The molecule has 0 spiro atoms. The van der Waals surface area contributed by atoms with E-state index in [9.17, 15) is 4.79 Å². The van der Waals surface area contributed by atoms with E-state index in [1.165, 1.54) is 0 Å². The quantitative estimate of drug-likeness (QED) is 0.526. The van der Waals surface area contributed by atoms with Crippen LogP contribution in [0.1, 0.15) is 10.6 Å². The molecule has 1 amide bonds. The van der Waals surface area contributed by atoms with Crippen molar-refractivity contribution in [1.29, 1.82) is 0 Å². The van der Waals surface area contributed by atoms with Gasteiger partial charge in [0.25, 0.3) is 5.91 Å². The molecule has 0 aliphatic rings. The number of nitrogen functional groups attached to an aromatic ring is 1. The molecular weight excluding hydrogens is 367 g/mol. The highest BCUT2D eigenvalue weighted by Crippen LogP contribution is 2.23. The number of rotatable bonds is 2. The summed E-state index contributed by atoms with van der Waals surface area (Å²) in [6.07, 6.45) is 0. The van der Waals surface area contributed by atoms with Gasteiger partial charge in [-0.15, -0.1) is 0 Å². The number of carbonyl (C=O) groups excluding carboxylic acids is 1. The van der Waals surface area contributed by atoms with Gasteiger partial charge in [-0.05, 0) is 59.0 Å². The van der Waals surface area contributed by atoms with E-state index in [2.05, 4.69) is 27.9 Å². The third kappa shape index (κ3) is 2.49. The Morgan fingerprint density at radius 2 is 1.95 bits per heavy atom. The van der Waals surface area contributed by atoms with Crippen LogP contribution in [0.15, 0.2) is 52.9 Å². The molecular formula is C15H11IN2O2. The second-order valence-corrected chi connectivity index (χ2v) is 5.50. The third-order valence-electron chi connectivity index (χ3n) is 2.89. The zero-order valence-corrected chi connectivity index (χ0v) is 12.5. The van der Waals surface area contributed by atoms with E-state index in [4.69, 9.17) is 10.2 Å². The number of nitrogens with two attached hydrogens (primary N) is 1. The Morgan fingerprint density at radius 1 is 1.15 bits per heavy atom. The zero-order chi connectivity index (χ0) is 14.1. The van der Waals surface area contributed by atoms with Crippen LogP contribution in [-0.2, 0) is 0 Å². The molecule has 0 radical (unpaired) electrons. The summed E-state index contributed by atoms with van der Waals surface area (Å²) in [6.45, 7) is 0. The lowest BCUT2D eigenvalue weighted by molar-refractivity contribution is 0.0998. The van der Waals surface area contributed by atoms with Crippen molar-refractivity contribution in [2.24, 2.45) is 0 Å². The van der Waals surface area contributed by atoms with Gasteiger partial charge in [0, 0.05) is 14.6 Å². The van der Waals surface area contributed by atoms with Gasteiger partial charge in [0.15, 0.2) is 5.76 Å². The average molecular weight is 378 g/mol. The number of para-hydroxylation sites is 1. The van der Waals surface area contributed by atoms with Gasteiger partial charge in [-0.25, -0.2) is 0 Å². The van der Waals surface area contributed by atoms with Crippen molar-refractivity contribution in [1.82, 2.24) is 0 Å². The van der Waals surface area contributed by atoms with Crippen LogP contribution in [0.2, 0.25) is 0 Å². The van der Waals surface area contributed by atoms with Crippen LogP contribution < -0.4 is 11.1 Å². The number of hydrogen-bond acceptors (Lipinski definition) is 3. The topological polar surface area (TPSA) is 68.3 Å². The lowest BCUT2D eigenvalue weighted by Crippen LogP contribution is -2.11. The molecule has 0 fully saturated rings. The zero-order valence-electron chi connectivity index (χ0n) is 10.4. The van der Waals surface area contributed by atoms with Crippen molar-refractivity contribution in [2.75, 3.05) is 11.1 Å². The Bertz CT molecular complexity index is 795. The molecule has 0 saturated carbocycles. The molecule has 0 saturated heterocycles. The summed E-state index contributed by atoms with van der Waals surface area (Å²) >= 11 is 2.17. The van der Waals surface area contributed by atoms with E-state index in [1.807, 2.05) is 24.3 Å². The lowest BCUT2D eigenvalue weighted by atomic mass is 10.2. The first kappa shape index (κ1) is 13.0. The predicted molar refractivity (Wildman–Crippen MR) is 87.7 cm³/mol. The maximum atomic E-state index is 12.2. The highest BCUT2D eigenvalue weighted by molar-refractivity contribution is 14.1. The molecule has 0 aliphatic heterocycles. The van der Waals surface area contributed by atoms with Crippen LogP contribution in [0, 0.1) is 3.57 Å². The van der Waals surface area contributed by atoms with Crippen LogP contribution in [0.3, 0.4) is 0 Å². The SMILES string of the molecule is Nc1ccc2oc(C(=O)Nc3ccccc3I)cc2c1. The van der Waals surface area contributed by atoms with Gasteiger partial charge in [-0.3, -0.25) is 4.79 Å². The number of carbonyl (C=O) groups is 1. The molecule has 0 atom stereocenters. The molecule has 1 aromatic heterocycles. The second kappa shape index (κ2) is 5.16. The van der Waals surface area contributed by atoms with Gasteiger partial charge >= 0.3 is 0 Å². The predicted octanol–water partition coefficient (Wildman–Crippen LogP) is 3.87. The Labute approximate surface area is 129 Å². The van der Waals surface area contributed by atoms with Crippen molar-refractivity contribution in [3.8, 4) is 0 Å². The molecule has 1 heterocycles. The van der Waals surface area contributed by atoms with Crippen molar-refractivity contribution in [3.63, 3.8) is 0 Å². The normalized spacial score (nSPS) is 10.7. The van der Waals surface area contributed by atoms with Crippen LogP contribution in [-0.4, -0.2) is 5.91 Å². The number of furan rings is 1. The van der Waals surface area contributed by atoms with Gasteiger partial charge in [-0.2, -0.15) is 0 Å². The Hall–Kier alpha value is -2.02.